The zero-order valence-corrected chi connectivity index (χ0v) is 13.7. The van der Waals surface area contributed by atoms with E-state index in [2.05, 4.69) is 4.98 Å². The van der Waals surface area contributed by atoms with E-state index in [0.717, 1.165) is 21.7 Å². The van der Waals surface area contributed by atoms with Gasteiger partial charge in [0.1, 0.15) is 5.01 Å². The van der Waals surface area contributed by atoms with Gasteiger partial charge in [-0.2, -0.15) is 0 Å². The van der Waals surface area contributed by atoms with Crippen molar-refractivity contribution in [2.45, 2.75) is 17.7 Å². The summed E-state index contributed by atoms with van der Waals surface area (Å²) in [6, 6.07) is 17.1. The number of sulfone groups is 1. The highest BCUT2D eigenvalue weighted by molar-refractivity contribution is 7.90. The first-order chi connectivity index (χ1) is 10.5. The summed E-state index contributed by atoms with van der Waals surface area (Å²) in [5, 5.41) is 2.50. The Morgan fingerprint density at radius 3 is 2.36 bits per heavy atom. The predicted molar refractivity (Wildman–Crippen MR) is 89.6 cm³/mol. The second-order valence-corrected chi connectivity index (χ2v) is 7.90. The highest BCUT2D eigenvalue weighted by Crippen LogP contribution is 2.27. The standard InChI is InChI=1S/C17H15NO2S2/c1-13-7-9-15(10-8-13)17-18-16(11-21-17)22(19,20)12-14-5-3-2-4-6-14/h2-11H,12H2,1H3. The van der Waals surface area contributed by atoms with Crippen molar-refractivity contribution < 1.29 is 8.42 Å². The fourth-order valence-corrected chi connectivity index (χ4v) is 4.58. The van der Waals surface area contributed by atoms with Gasteiger partial charge >= 0.3 is 0 Å². The second kappa shape index (κ2) is 6.02. The molecule has 0 unspecified atom stereocenters. The van der Waals surface area contributed by atoms with Crippen molar-refractivity contribution in [2.24, 2.45) is 0 Å². The van der Waals surface area contributed by atoms with Gasteiger partial charge in [0.25, 0.3) is 0 Å². The summed E-state index contributed by atoms with van der Waals surface area (Å²) in [5.74, 6) is -0.0229. The normalized spacial score (nSPS) is 11.5. The van der Waals surface area contributed by atoms with Crippen molar-refractivity contribution in [3.63, 3.8) is 0 Å². The minimum atomic E-state index is -3.41. The van der Waals surface area contributed by atoms with E-state index in [-0.39, 0.29) is 10.8 Å². The van der Waals surface area contributed by atoms with Gasteiger partial charge in [-0.3, -0.25) is 0 Å². The third-order valence-corrected chi connectivity index (χ3v) is 5.90. The molecule has 0 aliphatic heterocycles. The van der Waals surface area contributed by atoms with E-state index in [0.29, 0.717) is 0 Å². The average molecular weight is 329 g/mol. The number of hydrogen-bond acceptors (Lipinski definition) is 4. The summed E-state index contributed by atoms with van der Waals surface area (Å²) in [4.78, 5) is 4.31. The lowest BCUT2D eigenvalue weighted by Gasteiger charge is -2.01. The molecule has 0 aliphatic carbocycles. The Bertz CT molecular complexity index is 867. The molecule has 3 nitrogen and oxygen atoms in total. The van der Waals surface area contributed by atoms with Gasteiger partial charge in [0.05, 0.1) is 5.75 Å². The lowest BCUT2D eigenvalue weighted by Crippen LogP contribution is -2.05. The lowest BCUT2D eigenvalue weighted by molar-refractivity contribution is 0.592. The van der Waals surface area contributed by atoms with Crippen LogP contribution in [0.1, 0.15) is 11.1 Å². The summed E-state index contributed by atoms with van der Waals surface area (Å²) < 4.78 is 24.9. The van der Waals surface area contributed by atoms with E-state index in [4.69, 9.17) is 0 Å². The van der Waals surface area contributed by atoms with Gasteiger partial charge < -0.3 is 0 Å². The van der Waals surface area contributed by atoms with Crippen LogP contribution in [0.5, 0.6) is 0 Å². The largest absolute Gasteiger partial charge is 0.224 e. The number of aryl methyl sites for hydroxylation is 1. The van der Waals surface area contributed by atoms with Crippen LogP contribution in [0, 0.1) is 6.92 Å². The molecule has 3 rings (SSSR count). The van der Waals surface area contributed by atoms with Crippen molar-refractivity contribution in [1.29, 1.82) is 0 Å². The Balaban J connectivity index is 1.88. The molecule has 0 saturated heterocycles. The van der Waals surface area contributed by atoms with Crippen LogP contribution in [-0.4, -0.2) is 13.4 Å². The first-order valence-corrected chi connectivity index (χ1v) is 9.37. The molecule has 0 N–H and O–H groups in total. The Morgan fingerprint density at radius 2 is 1.68 bits per heavy atom. The third kappa shape index (κ3) is 3.26. The summed E-state index contributed by atoms with van der Waals surface area (Å²) in [6.45, 7) is 2.02. The highest BCUT2D eigenvalue weighted by Gasteiger charge is 2.19. The van der Waals surface area contributed by atoms with Crippen molar-refractivity contribution in [1.82, 2.24) is 4.98 Å². The van der Waals surface area contributed by atoms with E-state index < -0.39 is 9.84 Å². The smallest absolute Gasteiger partial charge is 0.200 e. The number of nitrogens with zero attached hydrogens (tertiary/aromatic N) is 1. The van der Waals surface area contributed by atoms with Gasteiger partial charge in [0, 0.05) is 10.9 Å². The Labute approximate surface area is 134 Å². The molecular weight excluding hydrogens is 314 g/mol. The molecule has 1 aromatic heterocycles. The number of rotatable bonds is 4. The first-order valence-electron chi connectivity index (χ1n) is 6.84. The minimum Gasteiger partial charge on any atom is -0.224 e. The summed E-state index contributed by atoms with van der Waals surface area (Å²) in [6.07, 6.45) is 0. The van der Waals surface area contributed by atoms with Gasteiger partial charge in [-0.15, -0.1) is 11.3 Å². The topological polar surface area (TPSA) is 47.0 Å². The van der Waals surface area contributed by atoms with Crippen molar-refractivity contribution in [3.8, 4) is 10.6 Å². The molecule has 5 heteroatoms. The van der Waals surface area contributed by atoms with Gasteiger partial charge in [-0.05, 0) is 12.5 Å². The molecular formula is C17H15NO2S2. The zero-order chi connectivity index (χ0) is 15.6. The summed E-state index contributed by atoms with van der Waals surface area (Å²) >= 11 is 1.36. The van der Waals surface area contributed by atoms with Gasteiger partial charge in [-0.25, -0.2) is 13.4 Å². The van der Waals surface area contributed by atoms with Crippen LogP contribution in [0.25, 0.3) is 10.6 Å². The van der Waals surface area contributed by atoms with E-state index in [1.54, 1.807) is 5.38 Å². The van der Waals surface area contributed by atoms with Crippen molar-refractivity contribution in [2.75, 3.05) is 0 Å². The SMILES string of the molecule is Cc1ccc(-c2nc(S(=O)(=O)Cc3ccccc3)cs2)cc1. The van der Waals surface area contributed by atoms with E-state index in [1.165, 1.54) is 11.3 Å². The first kappa shape index (κ1) is 14.9. The molecule has 0 saturated carbocycles. The molecule has 0 amide bonds. The number of benzene rings is 2. The molecule has 0 bridgehead atoms. The van der Waals surface area contributed by atoms with Crippen LogP contribution in [0.2, 0.25) is 0 Å². The minimum absolute atomic E-state index is 0.0229. The monoisotopic (exact) mass is 329 g/mol. The molecule has 0 atom stereocenters. The fraction of sp³-hybridized carbons (Fsp3) is 0.118. The molecule has 2 aromatic carbocycles. The van der Waals surface area contributed by atoms with Crippen LogP contribution in [0.15, 0.2) is 65.0 Å². The Kier molecular flexibility index (Phi) is 4.09. The summed E-state index contributed by atoms with van der Waals surface area (Å²) in [7, 11) is -3.41. The third-order valence-electron chi connectivity index (χ3n) is 3.30. The van der Waals surface area contributed by atoms with Crippen LogP contribution in [0.4, 0.5) is 0 Å². The van der Waals surface area contributed by atoms with Gasteiger partial charge in [0.15, 0.2) is 5.03 Å². The van der Waals surface area contributed by atoms with Crippen molar-refractivity contribution >= 4 is 21.2 Å². The van der Waals surface area contributed by atoms with Gasteiger partial charge in [0.2, 0.25) is 9.84 Å². The van der Waals surface area contributed by atoms with E-state index in [9.17, 15) is 8.42 Å². The molecule has 22 heavy (non-hydrogen) atoms. The second-order valence-electron chi connectivity index (χ2n) is 5.10. The molecule has 1 heterocycles. The van der Waals surface area contributed by atoms with Crippen molar-refractivity contribution in [3.05, 3.63) is 71.1 Å². The Morgan fingerprint density at radius 1 is 1.00 bits per heavy atom. The molecule has 0 fully saturated rings. The summed E-state index contributed by atoms with van der Waals surface area (Å²) in [5.41, 5.74) is 2.88. The lowest BCUT2D eigenvalue weighted by atomic mass is 10.2. The van der Waals surface area contributed by atoms with Crippen LogP contribution < -0.4 is 0 Å². The maximum atomic E-state index is 12.4. The quantitative estimate of drug-likeness (QED) is 0.724. The maximum Gasteiger partial charge on any atom is 0.200 e. The maximum absolute atomic E-state index is 12.4. The molecule has 112 valence electrons. The molecule has 0 spiro atoms. The highest BCUT2D eigenvalue weighted by atomic mass is 32.2. The van der Waals surface area contributed by atoms with E-state index >= 15 is 0 Å². The number of thiazole rings is 1. The fourth-order valence-electron chi connectivity index (χ4n) is 2.10. The van der Waals surface area contributed by atoms with Crippen LogP contribution in [-0.2, 0) is 15.6 Å². The predicted octanol–water partition coefficient (Wildman–Crippen LogP) is 4.09. The molecule has 3 aromatic rings. The number of hydrogen-bond donors (Lipinski definition) is 0. The van der Waals surface area contributed by atoms with E-state index in [1.807, 2.05) is 61.5 Å². The number of aromatic nitrogens is 1. The molecule has 0 radical (unpaired) electrons. The van der Waals surface area contributed by atoms with Gasteiger partial charge in [-0.1, -0.05) is 60.2 Å². The average Bonchev–Trinajstić information content (AvgIpc) is 2.99. The molecule has 0 aliphatic rings. The van der Waals surface area contributed by atoms with Crippen LogP contribution in [0.3, 0.4) is 0 Å². The zero-order valence-electron chi connectivity index (χ0n) is 12.1. The van der Waals surface area contributed by atoms with Crippen LogP contribution >= 0.6 is 11.3 Å². The Hall–Kier alpha value is -1.98.